The molecule has 41 heavy (non-hydrogen) atoms. The Labute approximate surface area is 243 Å². The topological polar surface area (TPSA) is 127 Å². The Morgan fingerprint density at radius 2 is 2.10 bits per heavy atom. The maximum Gasteiger partial charge on any atom is 0.372 e. The van der Waals surface area contributed by atoms with Crippen LogP contribution in [0.5, 0.6) is 5.88 Å². The Hall–Kier alpha value is -2.62. The van der Waals surface area contributed by atoms with Gasteiger partial charge in [0.1, 0.15) is 17.5 Å². The summed E-state index contributed by atoms with van der Waals surface area (Å²) in [5, 5.41) is 3.20. The standard InChI is InChI=1S/C32H46N4O5/c1-5-24(20(2)9-8-15-34-4)41-30-23-17-40-19-31(14-16-39-18-31)28(23)35-29(36-30)26(38)22-12-11-21(3)32(27(22)33)13-7-6-10-25(32)37/h5,20-21,24,34H,1,6-19,33H2,2-4H3/p+1/t20-,21-,24-,31+,32+/m0/s1. The van der Waals surface area contributed by atoms with Crippen molar-refractivity contribution >= 4 is 11.6 Å². The molecule has 5 atom stereocenters. The van der Waals surface area contributed by atoms with Gasteiger partial charge >= 0.3 is 5.82 Å². The van der Waals surface area contributed by atoms with Crippen molar-refractivity contribution in [3.63, 3.8) is 0 Å². The number of H-pyrrole nitrogens is 1. The number of Topliss-reactive ketones (excluding diaryl/α,β-unsaturated/α-hetero) is 2. The number of fused-ring (bicyclic) bond motifs is 2. The zero-order valence-electron chi connectivity index (χ0n) is 25.0. The molecule has 9 heteroatoms. The summed E-state index contributed by atoms with van der Waals surface area (Å²) in [6, 6.07) is 0. The largest absolute Gasteiger partial charge is 0.454 e. The number of nitrogens with two attached hydrogens (primary N) is 1. The second-order valence-electron chi connectivity index (χ2n) is 12.6. The van der Waals surface area contributed by atoms with Crippen molar-refractivity contribution in [3.8, 4) is 5.88 Å². The van der Waals surface area contributed by atoms with Crippen molar-refractivity contribution in [2.45, 2.75) is 89.8 Å². The zero-order valence-corrected chi connectivity index (χ0v) is 25.0. The molecule has 2 fully saturated rings. The molecular formula is C32H47N4O5+. The fourth-order valence-electron chi connectivity index (χ4n) is 7.41. The van der Waals surface area contributed by atoms with E-state index in [1.807, 2.05) is 13.1 Å². The van der Waals surface area contributed by atoms with Gasteiger partial charge in [0.2, 0.25) is 0 Å². The molecule has 0 unspecified atom stereocenters. The van der Waals surface area contributed by atoms with E-state index in [4.69, 9.17) is 24.9 Å². The summed E-state index contributed by atoms with van der Waals surface area (Å²) in [6.07, 6.45) is 8.62. The van der Waals surface area contributed by atoms with Crippen LogP contribution in [0.3, 0.4) is 0 Å². The summed E-state index contributed by atoms with van der Waals surface area (Å²) in [6.45, 7) is 11.1. The van der Waals surface area contributed by atoms with Gasteiger partial charge in [0, 0.05) is 24.3 Å². The second kappa shape index (κ2) is 12.3. The summed E-state index contributed by atoms with van der Waals surface area (Å²) >= 11 is 0. The Balaban J connectivity index is 1.56. The van der Waals surface area contributed by atoms with Gasteiger partial charge in [0.25, 0.3) is 11.7 Å². The van der Waals surface area contributed by atoms with Gasteiger partial charge in [0.15, 0.2) is 5.69 Å². The highest BCUT2D eigenvalue weighted by molar-refractivity contribution is 6.07. The molecule has 224 valence electrons. The van der Waals surface area contributed by atoms with Gasteiger partial charge in [-0.05, 0) is 75.4 Å². The molecule has 4 aliphatic rings. The van der Waals surface area contributed by atoms with Crippen LogP contribution >= 0.6 is 0 Å². The predicted octanol–water partition coefficient (Wildman–Crippen LogP) is 3.61. The molecule has 0 aromatic carbocycles. The first-order valence-electron chi connectivity index (χ1n) is 15.4. The highest BCUT2D eigenvalue weighted by Gasteiger charge is 2.52. The van der Waals surface area contributed by atoms with Crippen molar-refractivity contribution in [2.24, 2.45) is 23.0 Å². The van der Waals surface area contributed by atoms with E-state index in [2.05, 4.69) is 30.7 Å². The van der Waals surface area contributed by atoms with E-state index in [9.17, 15) is 9.59 Å². The number of carbonyl (C=O) groups is 2. The van der Waals surface area contributed by atoms with Crippen molar-refractivity contribution in [2.75, 3.05) is 33.4 Å². The first kappa shape index (κ1) is 29.9. The third-order valence-corrected chi connectivity index (χ3v) is 10.1. The van der Waals surface area contributed by atoms with Crippen molar-refractivity contribution in [3.05, 3.63) is 41.0 Å². The van der Waals surface area contributed by atoms with Gasteiger partial charge in [-0.1, -0.05) is 32.9 Å². The van der Waals surface area contributed by atoms with Gasteiger partial charge in [-0.3, -0.25) is 9.59 Å². The average molecular weight is 568 g/mol. The van der Waals surface area contributed by atoms with Crippen LogP contribution in [0.2, 0.25) is 0 Å². The van der Waals surface area contributed by atoms with Crippen LogP contribution in [0.15, 0.2) is 23.9 Å². The summed E-state index contributed by atoms with van der Waals surface area (Å²) < 4.78 is 18.5. The second-order valence-corrected chi connectivity index (χ2v) is 12.6. The van der Waals surface area contributed by atoms with Crippen LogP contribution in [-0.2, 0) is 26.3 Å². The number of rotatable bonds is 10. The molecular weight excluding hydrogens is 520 g/mol. The van der Waals surface area contributed by atoms with Crippen LogP contribution in [0.25, 0.3) is 0 Å². The number of ketones is 2. The number of ether oxygens (including phenoxy) is 3. The molecule has 2 aliphatic heterocycles. The minimum atomic E-state index is -0.750. The average Bonchev–Trinajstić information content (AvgIpc) is 3.44. The first-order valence-corrected chi connectivity index (χ1v) is 15.4. The number of allylic oxidation sites excluding steroid dienone is 2. The van der Waals surface area contributed by atoms with Crippen molar-refractivity contribution < 1.29 is 28.8 Å². The molecule has 0 radical (unpaired) electrons. The molecule has 0 amide bonds. The summed E-state index contributed by atoms with van der Waals surface area (Å²) in [5.41, 5.74) is 8.21. The Morgan fingerprint density at radius 3 is 2.80 bits per heavy atom. The molecule has 1 aromatic heterocycles. The quantitative estimate of drug-likeness (QED) is 0.249. The highest BCUT2D eigenvalue weighted by Crippen LogP contribution is 2.50. The van der Waals surface area contributed by atoms with Gasteiger partial charge in [-0.15, -0.1) is 0 Å². The number of hydrogen-bond acceptors (Lipinski definition) is 8. The maximum absolute atomic E-state index is 14.3. The van der Waals surface area contributed by atoms with Crippen molar-refractivity contribution in [1.82, 2.24) is 10.3 Å². The summed E-state index contributed by atoms with van der Waals surface area (Å²) in [4.78, 5) is 35.8. The number of carbonyl (C=O) groups excluding carboxylic acids is 2. The van der Waals surface area contributed by atoms with E-state index in [1.54, 1.807) is 0 Å². The van der Waals surface area contributed by atoms with E-state index in [0.717, 1.165) is 56.3 Å². The smallest absolute Gasteiger partial charge is 0.372 e. The zero-order chi connectivity index (χ0) is 29.2. The van der Waals surface area contributed by atoms with E-state index >= 15 is 0 Å². The summed E-state index contributed by atoms with van der Waals surface area (Å²) in [5.74, 6) is 0.925. The number of aromatic nitrogens is 2. The summed E-state index contributed by atoms with van der Waals surface area (Å²) in [7, 11) is 1.95. The third-order valence-electron chi connectivity index (χ3n) is 10.1. The maximum atomic E-state index is 14.3. The lowest BCUT2D eigenvalue weighted by Crippen LogP contribution is -2.48. The first-order chi connectivity index (χ1) is 19.8. The van der Waals surface area contributed by atoms with E-state index in [0.29, 0.717) is 62.8 Å². The van der Waals surface area contributed by atoms with E-state index < -0.39 is 10.8 Å². The normalized spacial score (nSPS) is 29.4. The molecule has 1 saturated heterocycles. The lowest BCUT2D eigenvalue weighted by molar-refractivity contribution is -0.406. The van der Waals surface area contributed by atoms with Crippen molar-refractivity contribution in [1.29, 1.82) is 0 Å². The highest BCUT2D eigenvalue weighted by atomic mass is 16.5. The van der Waals surface area contributed by atoms with Gasteiger partial charge in [0.05, 0.1) is 30.7 Å². The number of aromatic amines is 1. The van der Waals surface area contributed by atoms with E-state index in [1.165, 1.54) is 0 Å². The molecule has 1 saturated carbocycles. The SMILES string of the molecule is C=C[C@H](Oc1[nH+]c(C(=O)C2=C(N)[C@]3(CCCCC3=O)[C@@H](C)CC2)nc2c1COC[C@]21CCOC1)[C@@H](C)CCCNC. The Bertz CT molecular complexity index is 1210. The molecule has 9 nitrogen and oxygen atoms in total. The monoisotopic (exact) mass is 567 g/mol. The molecule has 3 heterocycles. The minimum Gasteiger partial charge on any atom is -0.454 e. The lowest BCUT2D eigenvalue weighted by Gasteiger charge is -2.44. The molecule has 1 aromatic rings. The third kappa shape index (κ3) is 5.37. The molecule has 2 aliphatic carbocycles. The Morgan fingerprint density at radius 1 is 1.29 bits per heavy atom. The molecule has 0 bridgehead atoms. The van der Waals surface area contributed by atoms with Gasteiger partial charge < -0.3 is 25.3 Å². The van der Waals surface area contributed by atoms with E-state index in [-0.39, 0.29) is 35.3 Å². The van der Waals surface area contributed by atoms with Crippen LogP contribution in [-0.4, -0.2) is 56.1 Å². The van der Waals surface area contributed by atoms with Gasteiger partial charge in [-0.25, -0.2) is 4.98 Å². The fraction of sp³-hybridized carbons (Fsp3) is 0.688. The number of nitrogens with zero attached hydrogens (tertiary/aromatic N) is 1. The molecule has 4 N–H and O–H groups in total. The predicted molar refractivity (Wildman–Crippen MR) is 154 cm³/mol. The lowest BCUT2D eigenvalue weighted by atomic mass is 9.58. The van der Waals surface area contributed by atoms with Crippen LogP contribution in [0.1, 0.15) is 93.5 Å². The van der Waals surface area contributed by atoms with Gasteiger partial charge in [-0.2, -0.15) is 0 Å². The van der Waals surface area contributed by atoms with Crippen LogP contribution in [0, 0.1) is 17.3 Å². The number of nitrogens with one attached hydrogen (secondary N) is 2. The fourth-order valence-corrected chi connectivity index (χ4v) is 7.41. The Kier molecular flexibility index (Phi) is 8.97. The molecule has 5 rings (SSSR count). The van der Waals surface area contributed by atoms with Crippen LogP contribution in [0.4, 0.5) is 0 Å². The minimum absolute atomic E-state index is 0.111. The van der Waals surface area contributed by atoms with Crippen LogP contribution < -0.4 is 20.8 Å². The number of hydrogen-bond donors (Lipinski definition) is 2. The molecule has 2 spiro atoms.